The second-order valence-electron chi connectivity index (χ2n) is 5.87. The number of nitrogens with one attached hydrogen (secondary N) is 2. The molecule has 1 unspecified atom stereocenters. The number of aliphatic imine (C=N–C) groups is 1. The number of nitrogens with zero attached hydrogens (tertiary/aromatic N) is 1. The lowest BCUT2D eigenvalue weighted by molar-refractivity contribution is 0.370. The minimum atomic E-state index is 0. The molecule has 0 aliphatic carbocycles. The summed E-state index contributed by atoms with van der Waals surface area (Å²) in [6.07, 6.45) is 0.628. The Morgan fingerprint density at radius 3 is 2.63 bits per heavy atom. The molecule has 0 spiro atoms. The molecule has 0 fully saturated rings. The van der Waals surface area contributed by atoms with E-state index in [0.717, 1.165) is 22.5 Å². The molecule has 0 aromatic heterocycles. The smallest absolute Gasteiger partial charge is 0.191 e. The number of guanidine groups is 1. The number of methoxy groups -OCH3 is 1. The Balaban J connectivity index is 0.00000364. The average Bonchev–Trinajstić information content (AvgIpc) is 2.63. The Bertz CT molecular complexity index is 756. The fourth-order valence-corrected chi connectivity index (χ4v) is 3.28. The highest BCUT2D eigenvalue weighted by Gasteiger charge is 2.11. The Hall–Kier alpha value is -1.48. The summed E-state index contributed by atoms with van der Waals surface area (Å²) in [5.41, 5.74) is 1.99. The molecule has 148 valence electrons. The Labute approximate surface area is 186 Å². The number of aromatic hydroxyl groups is 1. The number of para-hydroxylation sites is 1. The van der Waals surface area contributed by atoms with E-state index in [9.17, 15) is 5.11 Å². The van der Waals surface area contributed by atoms with Crippen LogP contribution in [0.1, 0.15) is 31.0 Å². The fourth-order valence-electron chi connectivity index (χ4n) is 2.65. The Morgan fingerprint density at radius 1 is 1.22 bits per heavy atom. The highest BCUT2D eigenvalue weighted by molar-refractivity contribution is 14.0. The molecule has 7 heteroatoms. The molecule has 0 bridgehead atoms. The van der Waals surface area contributed by atoms with E-state index < -0.39 is 0 Å². The summed E-state index contributed by atoms with van der Waals surface area (Å²) in [5, 5.41) is 16.9. The third-order valence-electron chi connectivity index (χ3n) is 4.02. The SMILES string of the molecule is CCNC(=NCCc1cccc(OC)c1O)NC(C)c1ccccc1Br.I. The molecule has 1 atom stereocenters. The highest BCUT2D eigenvalue weighted by atomic mass is 127. The molecule has 0 aliphatic rings. The van der Waals surface area contributed by atoms with Crippen LogP contribution in [0.2, 0.25) is 0 Å². The number of ether oxygens (including phenoxy) is 1. The number of hydrogen-bond acceptors (Lipinski definition) is 3. The molecular formula is C20H27BrIN3O2. The van der Waals surface area contributed by atoms with E-state index in [4.69, 9.17) is 4.74 Å². The molecule has 5 nitrogen and oxygen atoms in total. The summed E-state index contributed by atoms with van der Waals surface area (Å²) in [5.74, 6) is 1.42. The van der Waals surface area contributed by atoms with E-state index in [-0.39, 0.29) is 35.8 Å². The summed E-state index contributed by atoms with van der Waals surface area (Å²) < 4.78 is 6.22. The molecule has 0 aliphatic heterocycles. The van der Waals surface area contributed by atoms with Crippen LogP contribution in [0.3, 0.4) is 0 Å². The van der Waals surface area contributed by atoms with Crippen LogP contribution in [0.25, 0.3) is 0 Å². The van der Waals surface area contributed by atoms with Gasteiger partial charge in [0.15, 0.2) is 17.5 Å². The predicted molar refractivity (Wildman–Crippen MR) is 125 cm³/mol. The molecule has 0 saturated heterocycles. The predicted octanol–water partition coefficient (Wildman–Crippen LogP) is 4.64. The van der Waals surface area contributed by atoms with E-state index in [0.29, 0.717) is 18.7 Å². The van der Waals surface area contributed by atoms with Gasteiger partial charge >= 0.3 is 0 Å². The topological polar surface area (TPSA) is 65.9 Å². The molecule has 0 radical (unpaired) electrons. The van der Waals surface area contributed by atoms with Gasteiger partial charge in [-0.3, -0.25) is 4.99 Å². The van der Waals surface area contributed by atoms with Gasteiger partial charge in [0.1, 0.15) is 0 Å². The molecule has 27 heavy (non-hydrogen) atoms. The molecule has 2 aromatic carbocycles. The number of phenols is 1. The van der Waals surface area contributed by atoms with Gasteiger partial charge in [0.2, 0.25) is 0 Å². The molecular weight excluding hydrogens is 521 g/mol. The maximum atomic E-state index is 10.2. The van der Waals surface area contributed by atoms with Crippen LogP contribution in [0.5, 0.6) is 11.5 Å². The van der Waals surface area contributed by atoms with Gasteiger partial charge < -0.3 is 20.5 Å². The zero-order valence-corrected chi connectivity index (χ0v) is 19.7. The van der Waals surface area contributed by atoms with Crippen molar-refractivity contribution in [2.24, 2.45) is 4.99 Å². The van der Waals surface area contributed by atoms with Crippen molar-refractivity contribution in [3.05, 3.63) is 58.1 Å². The summed E-state index contributed by atoms with van der Waals surface area (Å²) in [6.45, 7) is 5.46. The van der Waals surface area contributed by atoms with E-state index in [1.165, 1.54) is 5.56 Å². The van der Waals surface area contributed by atoms with Gasteiger partial charge in [-0.15, -0.1) is 24.0 Å². The monoisotopic (exact) mass is 547 g/mol. The normalized spacial score (nSPS) is 12.1. The van der Waals surface area contributed by atoms with Crippen LogP contribution in [0.4, 0.5) is 0 Å². The molecule has 0 saturated carbocycles. The summed E-state index contributed by atoms with van der Waals surface area (Å²) in [6, 6.07) is 13.7. The largest absolute Gasteiger partial charge is 0.504 e. The van der Waals surface area contributed by atoms with Gasteiger partial charge in [-0.05, 0) is 43.5 Å². The molecule has 0 heterocycles. The highest BCUT2D eigenvalue weighted by Crippen LogP contribution is 2.29. The molecule has 2 aromatic rings. The molecule has 3 N–H and O–H groups in total. The van der Waals surface area contributed by atoms with Crippen LogP contribution < -0.4 is 15.4 Å². The van der Waals surface area contributed by atoms with Crippen molar-refractivity contribution >= 4 is 45.9 Å². The van der Waals surface area contributed by atoms with Crippen LogP contribution in [0, 0.1) is 0 Å². The van der Waals surface area contributed by atoms with Gasteiger partial charge in [0.25, 0.3) is 0 Å². The maximum absolute atomic E-state index is 10.2. The number of benzene rings is 2. The second-order valence-corrected chi connectivity index (χ2v) is 6.72. The standard InChI is InChI=1S/C20H26BrN3O2.HI/c1-4-22-20(24-14(2)16-9-5-6-10-17(16)21)23-13-12-15-8-7-11-18(26-3)19(15)25;/h5-11,14,25H,4,12-13H2,1-3H3,(H2,22,23,24);1H. The van der Waals surface area contributed by atoms with Gasteiger partial charge in [-0.25, -0.2) is 0 Å². The van der Waals surface area contributed by atoms with Crippen molar-refractivity contribution in [3.63, 3.8) is 0 Å². The van der Waals surface area contributed by atoms with Crippen LogP contribution in [-0.2, 0) is 6.42 Å². The summed E-state index contributed by atoms with van der Waals surface area (Å²) >= 11 is 3.59. The zero-order chi connectivity index (χ0) is 18.9. The van der Waals surface area contributed by atoms with Gasteiger partial charge in [-0.1, -0.05) is 46.3 Å². The third kappa shape index (κ3) is 6.88. The van der Waals surface area contributed by atoms with Crippen LogP contribution >= 0.6 is 39.9 Å². The third-order valence-corrected chi connectivity index (χ3v) is 4.74. The van der Waals surface area contributed by atoms with Crippen LogP contribution in [-0.4, -0.2) is 31.3 Å². The molecule has 2 rings (SSSR count). The first-order valence-electron chi connectivity index (χ1n) is 8.71. The van der Waals surface area contributed by atoms with E-state index >= 15 is 0 Å². The number of phenolic OH excluding ortho intramolecular Hbond substituents is 1. The average molecular weight is 548 g/mol. The van der Waals surface area contributed by atoms with Crippen molar-refractivity contribution in [2.45, 2.75) is 26.3 Å². The van der Waals surface area contributed by atoms with Crippen molar-refractivity contribution in [1.82, 2.24) is 10.6 Å². The van der Waals surface area contributed by atoms with E-state index in [1.807, 2.05) is 37.3 Å². The lowest BCUT2D eigenvalue weighted by Gasteiger charge is -2.19. The van der Waals surface area contributed by atoms with E-state index in [1.54, 1.807) is 13.2 Å². The minimum Gasteiger partial charge on any atom is -0.504 e. The fraction of sp³-hybridized carbons (Fsp3) is 0.350. The lowest BCUT2D eigenvalue weighted by atomic mass is 10.1. The van der Waals surface area contributed by atoms with Crippen LogP contribution in [0.15, 0.2) is 51.9 Å². The first-order chi connectivity index (χ1) is 12.6. The number of rotatable bonds is 7. The van der Waals surface area contributed by atoms with Crippen molar-refractivity contribution in [3.8, 4) is 11.5 Å². The van der Waals surface area contributed by atoms with E-state index in [2.05, 4.69) is 44.5 Å². The van der Waals surface area contributed by atoms with Crippen molar-refractivity contribution in [2.75, 3.05) is 20.2 Å². The van der Waals surface area contributed by atoms with Crippen molar-refractivity contribution in [1.29, 1.82) is 0 Å². The maximum Gasteiger partial charge on any atom is 0.191 e. The first-order valence-corrected chi connectivity index (χ1v) is 9.50. The lowest BCUT2D eigenvalue weighted by Crippen LogP contribution is -2.39. The van der Waals surface area contributed by atoms with Crippen molar-refractivity contribution < 1.29 is 9.84 Å². The first kappa shape index (κ1) is 23.6. The van der Waals surface area contributed by atoms with Gasteiger partial charge in [-0.2, -0.15) is 0 Å². The quantitative estimate of drug-likeness (QED) is 0.268. The zero-order valence-electron chi connectivity index (χ0n) is 15.8. The second kappa shape index (κ2) is 12.1. The number of hydrogen-bond donors (Lipinski definition) is 3. The van der Waals surface area contributed by atoms with Gasteiger partial charge in [0.05, 0.1) is 13.2 Å². The number of halogens is 2. The Morgan fingerprint density at radius 2 is 1.96 bits per heavy atom. The summed E-state index contributed by atoms with van der Waals surface area (Å²) in [7, 11) is 1.55. The van der Waals surface area contributed by atoms with Gasteiger partial charge in [0, 0.05) is 17.6 Å². The minimum absolute atomic E-state index is 0. The Kier molecular flexibility index (Phi) is 10.5. The summed E-state index contributed by atoms with van der Waals surface area (Å²) in [4.78, 5) is 4.63. The molecule has 0 amide bonds.